The minimum atomic E-state index is -0.105. The summed E-state index contributed by atoms with van der Waals surface area (Å²) in [6, 6.07) is 8.07. The fraction of sp³-hybridized carbons (Fsp3) is 0.579. The molecule has 0 radical (unpaired) electrons. The summed E-state index contributed by atoms with van der Waals surface area (Å²) in [7, 11) is 0. The highest BCUT2D eigenvalue weighted by molar-refractivity contribution is 5.96. The van der Waals surface area contributed by atoms with Gasteiger partial charge in [0, 0.05) is 50.9 Å². The second-order valence-electron chi connectivity index (χ2n) is 7.12. The third-order valence-electron chi connectivity index (χ3n) is 4.99. The van der Waals surface area contributed by atoms with Gasteiger partial charge in [-0.1, -0.05) is 18.2 Å². The zero-order valence-corrected chi connectivity index (χ0v) is 15.0. The van der Waals surface area contributed by atoms with Gasteiger partial charge in [0.1, 0.15) is 0 Å². The molecule has 0 bridgehead atoms. The molecule has 1 aromatic carbocycles. The molecule has 2 aliphatic heterocycles. The van der Waals surface area contributed by atoms with Crippen LogP contribution >= 0.6 is 0 Å². The van der Waals surface area contributed by atoms with Crippen LogP contribution < -0.4 is 10.6 Å². The molecule has 6 nitrogen and oxygen atoms in total. The number of hydrogen-bond acceptors (Lipinski definition) is 4. The molecule has 1 saturated heterocycles. The molecule has 3 rings (SSSR count). The number of anilines is 1. The van der Waals surface area contributed by atoms with Gasteiger partial charge in [0.05, 0.1) is 6.54 Å². The van der Waals surface area contributed by atoms with Crippen LogP contribution in [0.5, 0.6) is 0 Å². The summed E-state index contributed by atoms with van der Waals surface area (Å²) < 4.78 is 0. The Bertz CT molecular complexity index is 624. The molecule has 2 heterocycles. The Morgan fingerprint density at radius 3 is 2.52 bits per heavy atom. The minimum absolute atomic E-state index is 0.105. The fourth-order valence-electron chi connectivity index (χ4n) is 3.63. The largest absolute Gasteiger partial charge is 0.340 e. The molecule has 0 spiro atoms. The van der Waals surface area contributed by atoms with Crippen LogP contribution in [0.2, 0.25) is 0 Å². The number of carbonyl (C=O) groups excluding carboxylic acids is 2. The topological polar surface area (TPSA) is 69.9 Å². The summed E-state index contributed by atoms with van der Waals surface area (Å²) in [6.07, 6.45) is 2.45. The Balaban J connectivity index is 1.53. The molecule has 0 aromatic heterocycles. The Morgan fingerprint density at radius 2 is 1.80 bits per heavy atom. The van der Waals surface area contributed by atoms with E-state index in [0.717, 1.165) is 38.2 Å². The standard InChI is InChI=1S/C19H28N4O2/c1-15(20)13-18(24)22-11-9-21(10-12-22)14-19(25)23-8-4-6-16-5-2-3-7-17(16)23/h2-3,5,7,15H,4,6,8-14,20H2,1H3. The lowest BCUT2D eigenvalue weighted by atomic mass is 10.0. The van der Waals surface area contributed by atoms with Crippen molar-refractivity contribution in [3.8, 4) is 0 Å². The molecule has 1 aromatic rings. The number of fused-ring (bicyclic) bond motifs is 1. The van der Waals surface area contributed by atoms with E-state index >= 15 is 0 Å². The summed E-state index contributed by atoms with van der Waals surface area (Å²) in [5.74, 6) is 0.272. The first kappa shape index (κ1) is 17.9. The van der Waals surface area contributed by atoms with E-state index in [0.29, 0.717) is 26.1 Å². The summed E-state index contributed by atoms with van der Waals surface area (Å²) in [4.78, 5) is 30.8. The highest BCUT2D eigenvalue weighted by atomic mass is 16.2. The molecule has 1 unspecified atom stereocenters. The molecular formula is C19H28N4O2. The number of piperazine rings is 1. The van der Waals surface area contributed by atoms with Crippen LogP contribution in [0.15, 0.2) is 24.3 Å². The number of carbonyl (C=O) groups is 2. The van der Waals surface area contributed by atoms with Crippen molar-refractivity contribution in [1.29, 1.82) is 0 Å². The van der Waals surface area contributed by atoms with Crippen LogP contribution in [0.25, 0.3) is 0 Å². The van der Waals surface area contributed by atoms with Gasteiger partial charge in [0.25, 0.3) is 0 Å². The average molecular weight is 344 g/mol. The van der Waals surface area contributed by atoms with Crippen molar-refractivity contribution in [2.45, 2.75) is 32.2 Å². The Hall–Kier alpha value is -1.92. The highest BCUT2D eigenvalue weighted by Crippen LogP contribution is 2.26. The number of hydrogen-bond donors (Lipinski definition) is 1. The SMILES string of the molecule is CC(N)CC(=O)N1CCN(CC(=O)N2CCCc3ccccc32)CC1. The van der Waals surface area contributed by atoms with Gasteiger partial charge >= 0.3 is 0 Å². The summed E-state index contributed by atoms with van der Waals surface area (Å²) in [5.41, 5.74) is 8.02. The second-order valence-corrected chi connectivity index (χ2v) is 7.12. The molecule has 0 aliphatic carbocycles. The zero-order chi connectivity index (χ0) is 17.8. The van der Waals surface area contributed by atoms with Gasteiger partial charge in [-0.3, -0.25) is 14.5 Å². The van der Waals surface area contributed by atoms with Gasteiger partial charge in [-0.25, -0.2) is 0 Å². The highest BCUT2D eigenvalue weighted by Gasteiger charge is 2.26. The molecular weight excluding hydrogens is 316 g/mol. The van der Waals surface area contributed by atoms with Crippen molar-refractivity contribution in [3.63, 3.8) is 0 Å². The van der Waals surface area contributed by atoms with E-state index in [1.165, 1.54) is 5.56 Å². The Kier molecular flexibility index (Phi) is 5.71. The molecule has 1 atom stereocenters. The van der Waals surface area contributed by atoms with Gasteiger partial charge in [-0.2, -0.15) is 0 Å². The van der Waals surface area contributed by atoms with Crippen molar-refractivity contribution in [2.24, 2.45) is 5.73 Å². The molecule has 25 heavy (non-hydrogen) atoms. The quantitative estimate of drug-likeness (QED) is 0.879. The maximum absolute atomic E-state index is 12.8. The van der Waals surface area contributed by atoms with Crippen LogP contribution in [0.4, 0.5) is 5.69 Å². The van der Waals surface area contributed by atoms with E-state index in [2.05, 4.69) is 11.0 Å². The van der Waals surface area contributed by atoms with E-state index in [4.69, 9.17) is 5.73 Å². The van der Waals surface area contributed by atoms with Crippen LogP contribution in [-0.2, 0) is 16.0 Å². The van der Waals surface area contributed by atoms with Gasteiger partial charge < -0.3 is 15.5 Å². The number of rotatable bonds is 4. The first-order chi connectivity index (χ1) is 12.0. The minimum Gasteiger partial charge on any atom is -0.340 e. The van der Waals surface area contributed by atoms with Crippen molar-refractivity contribution >= 4 is 17.5 Å². The molecule has 2 aliphatic rings. The summed E-state index contributed by atoms with van der Waals surface area (Å²) in [6.45, 7) is 5.90. The third kappa shape index (κ3) is 4.38. The molecule has 2 amide bonds. The third-order valence-corrected chi connectivity index (χ3v) is 4.99. The maximum atomic E-state index is 12.8. The predicted octanol–water partition coefficient (Wildman–Crippen LogP) is 0.847. The smallest absolute Gasteiger partial charge is 0.241 e. The van der Waals surface area contributed by atoms with Crippen molar-refractivity contribution in [2.75, 3.05) is 44.2 Å². The zero-order valence-electron chi connectivity index (χ0n) is 15.0. The van der Waals surface area contributed by atoms with Gasteiger partial charge in [0.15, 0.2) is 0 Å². The second kappa shape index (κ2) is 7.97. The van der Waals surface area contributed by atoms with E-state index < -0.39 is 0 Å². The van der Waals surface area contributed by atoms with Gasteiger partial charge in [-0.15, -0.1) is 0 Å². The predicted molar refractivity (Wildman–Crippen MR) is 98.4 cm³/mol. The first-order valence-corrected chi connectivity index (χ1v) is 9.18. The van der Waals surface area contributed by atoms with Gasteiger partial charge in [-0.05, 0) is 31.4 Å². The van der Waals surface area contributed by atoms with E-state index in [1.807, 2.05) is 34.9 Å². The lowest BCUT2D eigenvalue weighted by molar-refractivity contribution is -0.133. The van der Waals surface area contributed by atoms with Crippen LogP contribution in [0, 0.1) is 0 Å². The monoisotopic (exact) mass is 344 g/mol. The van der Waals surface area contributed by atoms with Crippen LogP contribution in [0.3, 0.4) is 0 Å². The molecule has 6 heteroatoms. The number of nitrogens with zero attached hydrogens (tertiary/aromatic N) is 3. The summed E-state index contributed by atoms with van der Waals surface area (Å²) >= 11 is 0. The lowest BCUT2D eigenvalue weighted by Crippen LogP contribution is -2.52. The van der Waals surface area contributed by atoms with Crippen LogP contribution in [0.1, 0.15) is 25.3 Å². The van der Waals surface area contributed by atoms with E-state index in [9.17, 15) is 9.59 Å². The van der Waals surface area contributed by atoms with Crippen molar-refractivity contribution in [3.05, 3.63) is 29.8 Å². The molecule has 2 N–H and O–H groups in total. The number of para-hydroxylation sites is 1. The van der Waals surface area contributed by atoms with Crippen molar-refractivity contribution < 1.29 is 9.59 Å². The Morgan fingerprint density at radius 1 is 1.08 bits per heavy atom. The Labute approximate surface area is 149 Å². The van der Waals surface area contributed by atoms with E-state index in [1.54, 1.807) is 0 Å². The van der Waals surface area contributed by atoms with Crippen molar-refractivity contribution in [1.82, 2.24) is 9.80 Å². The van der Waals surface area contributed by atoms with Crippen LogP contribution in [-0.4, -0.2) is 66.9 Å². The number of amides is 2. The normalized spacial score (nSPS) is 19.4. The number of nitrogens with two attached hydrogens (primary N) is 1. The fourth-order valence-corrected chi connectivity index (χ4v) is 3.63. The first-order valence-electron chi connectivity index (χ1n) is 9.18. The van der Waals surface area contributed by atoms with Gasteiger partial charge in [0.2, 0.25) is 11.8 Å². The lowest BCUT2D eigenvalue weighted by Gasteiger charge is -2.36. The summed E-state index contributed by atoms with van der Waals surface area (Å²) in [5, 5.41) is 0. The molecule has 1 fully saturated rings. The molecule has 136 valence electrons. The number of benzene rings is 1. The molecule has 0 saturated carbocycles. The maximum Gasteiger partial charge on any atom is 0.241 e. The number of aryl methyl sites for hydroxylation is 1. The average Bonchev–Trinajstić information content (AvgIpc) is 2.61. The van der Waals surface area contributed by atoms with E-state index in [-0.39, 0.29) is 17.9 Å².